The normalized spacial score (nSPS) is 14.8. The molecular formula is C16H24Cl2NOSiTi. The van der Waals surface area contributed by atoms with Crippen LogP contribution in [0.4, 0.5) is 0 Å². The van der Waals surface area contributed by atoms with Gasteiger partial charge in [-0.3, -0.25) is 0 Å². The topological polar surface area (TPSA) is 29.1 Å². The third-order valence-corrected chi connectivity index (χ3v) is 15.7. The molecule has 0 bridgehead atoms. The molecule has 1 aromatic carbocycles. The number of allylic oxidation sites excluding steroid dienone is 1. The van der Waals surface area contributed by atoms with Crippen LogP contribution >= 0.6 is 0 Å². The Hall–Kier alpha value is -0.0588. The van der Waals surface area contributed by atoms with Crippen molar-refractivity contribution in [2.75, 3.05) is 0 Å². The van der Waals surface area contributed by atoms with Gasteiger partial charge in [-0.05, 0) is 0 Å². The third kappa shape index (κ3) is 5.54. The number of hydrogen-bond acceptors (Lipinski definition) is 1. The number of carbonyl (C=O) groups is 1. The minimum atomic E-state index is -1.56. The molecule has 22 heavy (non-hydrogen) atoms. The van der Waals surface area contributed by atoms with E-state index < -0.39 is 24.0 Å². The first kappa shape index (κ1) is 21.9. The van der Waals surface area contributed by atoms with Crippen molar-refractivity contribution >= 4 is 18.6 Å². The summed E-state index contributed by atoms with van der Waals surface area (Å²) < 4.78 is 4.00. The summed E-state index contributed by atoms with van der Waals surface area (Å²) in [6.45, 7) is 6.12. The van der Waals surface area contributed by atoms with Crippen LogP contribution in [-0.4, -0.2) is 12.6 Å². The van der Waals surface area contributed by atoms with E-state index in [1.165, 1.54) is 11.1 Å². The minimum Gasteiger partial charge on any atom is -1.00 e. The molecule has 2 nitrogen and oxygen atoms in total. The van der Waals surface area contributed by atoms with Crippen LogP contribution in [0.15, 0.2) is 30.3 Å². The summed E-state index contributed by atoms with van der Waals surface area (Å²) in [6.07, 6.45) is 7.38. The standard InChI is InChI=1S/C9H7.C5H11NO.C2H7Si.2ClH.Ti/c1-2-5-9-7-3-6-8(9)4-1;1-2-3-4-5(6)7;1-3-2;;;/h1-7H;2-4H2,1H3,(H2,6,7);3H,1-2H3;2*1H;/q;;;;;+3/p-3. The summed E-state index contributed by atoms with van der Waals surface area (Å²) in [4.78, 5) is 12.1. The van der Waals surface area contributed by atoms with Gasteiger partial charge in [0.2, 0.25) is 0 Å². The average Bonchev–Trinajstić information content (AvgIpc) is 2.86. The van der Waals surface area contributed by atoms with Crippen LogP contribution < -0.4 is 28.6 Å². The minimum absolute atomic E-state index is 0. The van der Waals surface area contributed by atoms with E-state index in [9.17, 15) is 4.79 Å². The van der Waals surface area contributed by atoms with Crippen LogP contribution in [0.2, 0.25) is 13.1 Å². The van der Waals surface area contributed by atoms with Crippen molar-refractivity contribution in [1.29, 1.82) is 0 Å². The Balaban J connectivity index is 0.00000220. The molecule has 1 unspecified atom stereocenters. The van der Waals surface area contributed by atoms with Gasteiger partial charge in [-0.15, -0.1) is 0 Å². The summed E-state index contributed by atoms with van der Waals surface area (Å²) in [7, 11) is 0. The van der Waals surface area contributed by atoms with Gasteiger partial charge in [0, 0.05) is 0 Å². The molecule has 1 aliphatic carbocycles. The molecule has 2 rings (SSSR count). The third-order valence-electron chi connectivity index (χ3n) is 3.80. The van der Waals surface area contributed by atoms with Crippen molar-refractivity contribution in [3.8, 4) is 0 Å². The Morgan fingerprint density at radius 2 is 1.95 bits per heavy atom. The summed E-state index contributed by atoms with van der Waals surface area (Å²) in [6, 6.07) is 8.64. The monoisotopic (exact) mass is 392 g/mol. The van der Waals surface area contributed by atoms with Crippen molar-refractivity contribution < 1.29 is 47.0 Å². The molecule has 0 fully saturated rings. The van der Waals surface area contributed by atoms with Crippen LogP contribution in [0.3, 0.4) is 0 Å². The maximum absolute atomic E-state index is 12.1. The largest absolute Gasteiger partial charge is 1.00 e. The number of unbranched alkanes of at least 4 members (excludes halogenated alkanes) is 1. The number of amides is 1. The van der Waals surface area contributed by atoms with E-state index in [0.29, 0.717) is 16.6 Å². The summed E-state index contributed by atoms with van der Waals surface area (Å²) in [5.74, 6) is 0.292. The predicted molar refractivity (Wildman–Crippen MR) is 84.8 cm³/mol. The SMILES string of the molecule is CCCCC(=O)[NH][Ti+2]([CH]1C=Cc2ccccc21)[SiH](C)C.[Cl-].[Cl-]. The first-order valence-electron chi connectivity index (χ1n) is 7.57. The zero-order chi connectivity index (χ0) is 14.5. The molecule has 1 aromatic rings. The molecule has 121 valence electrons. The van der Waals surface area contributed by atoms with Gasteiger partial charge in [0.25, 0.3) is 0 Å². The van der Waals surface area contributed by atoms with Crippen molar-refractivity contribution in [3.05, 3.63) is 41.5 Å². The Bertz CT molecular complexity index is 511. The van der Waals surface area contributed by atoms with Crippen LogP contribution in [0.25, 0.3) is 6.08 Å². The molecular weight excluding hydrogens is 369 g/mol. The zero-order valence-corrected chi connectivity index (χ0v) is 17.6. The van der Waals surface area contributed by atoms with Gasteiger partial charge >= 0.3 is 130 Å². The number of benzene rings is 1. The fourth-order valence-electron chi connectivity index (χ4n) is 2.66. The number of fused-ring (bicyclic) bond motifs is 1. The predicted octanol–water partition coefficient (Wildman–Crippen LogP) is -2.41. The number of hydrogen-bond donors (Lipinski definition) is 1. The van der Waals surface area contributed by atoms with E-state index in [2.05, 4.69) is 60.2 Å². The number of halogens is 2. The molecule has 0 spiro atoms. The van der Waals surface area contributed by atoms with Crippen molar-refractivity contribution in [1.82, 2.24) is 3.80 Å². The van der Waals surface area contributed by atoms with Crippen molar-refractivity contribution in [3.63, 3.8) is 0 Å². The molecule has 0 saturated heterocycles. The van der Waals surface area contributed by atoms with Gasteiger partial charge in [-0.2, -0.15) is 0 Å². The van der Waals surface area contributed by atoms with E-state index in [-0.39, 0.29) is 24.8 Å². The molecule has 0 aromatic heterocycles. The van der Waals surface area contributed by atoms with E-state index in [0.717, 1.165) is 12.8 Å². The first-order chi connectivity index (χ1) is 9.63. The molecule has 0 aliphatic heterocycles. The van der Waals surface area contributed by atoms with E-state index >= 15 is 0 Å². The zero-order valence-electron chi connectivity index (χ0n) is 13.4. The van der Waals surface area contributed by atoms with Gasteiger partial charge in [-0.1, -0.05) is 0 Å². The first-order valence-corrected chi connectivity index (χ1v) is 14.8. The Kier molecular flexibility index (Phi) is 10.6. The maximum atomic E-state index is 12.1. The Morgan fingerprint density at radius 3 is 2.59 bits per heavy atom. The second-order valence-electron chi connectivity index (χ2n) is 5.73. The summed E-state index contributed by atoms with van der Waals surface area (Å²) >= 11 is -1.56. The van der Waals surface area contributed by atoms with E-state index in [4.69, 9.17) is 0 Å². The fourth-order valence-corrected chi connectivity index (χ4v) is 12.6. The Labute approximate surface area is 153 Å². The van der Waals surface area contributed by atoms with Crippen LogP contribution in [0.1, 0.15) is 41.5 Å². The fraction of sp³-hybridized carbons (Fsp3) is 0.438. The number of carbonyl (C=O) groups excluding carboxylic acids is 1. The molecule has 0 saturated carbocycles. The van der Waals surface area contributed by atoms with Crippen molar-refractivity contribution in [2.24, 2.45) is 0 Å². The quantitative estimate of drug-likeness (QED) is 0.536. The molecule has 6 heteroatoms. The Morgan fingerprint density at radius 1 is 1.27 bits per heavy atom. The van der Waals surface area contributed by atoms with Crippen LogP contribution in [0.5, 0.6) is 0 Å². The number of rotatable bonds is 6. The molecule has 1 amide bonds. The van der Waals surface area contributed by atoms with Crippen LogP contribution in [-0.2, 0) is 22.2 Å². The van der Waals surface area contributed by atoms with Gasteiger partial charge in [0.15, 0.2) is 0 Å². The molecule has 0 heterocycles. The van der Waals surface area contributed by atoms with Gasteiger partial charge < -0.3 is 24.8 Å². The molecule has 1 atom stereocenters. The van der Waals surface area contributed by atoms with Gasteiger partial charge in [0.05, 0.1) is 0 Å². The van der Waals surface area contributed by atoms with Gasteiger partial charge in [-0.25, -0.2) is 0 Å². The average molecular weight is 393 g/mol. The van der Waals surface area contributed by atoms with E-state index in [1.807, 2.05) is 0 Å². The molecule has 1 N–H and O–H groups in total. The van der Waals surface area contributed by atoms with Gasteiger partial charge in [0.1, 0.15) is 0 Å². The number of nitrogens with one attached hydrogen (secondary N) is 1. The summed E-state index contributed by atoms with van der Waals surface area (Å²) in [5.41, 5.74) is 2.79. The second-order valence-corrected chi connectivity index (χ2v) is 18.8. The molecule has 1 aliphatic rings. The van der Waals surface area contributed by atoms with Crippen LogP contribution in [0, 0.1) is 0 Å². The summed E-state index contributed by atoms with van der Waals surface area (Å²) in [5, 5.41) is 0. The maximum Gasteiger partial charge on any atom is -1.00 e. The molecule has 0 radical (unpaired) electrons. The smallest absolute Gasteiger partial charge is 1.00 e. The second kappa shape index (κ2) is 10.7. The van der Waals surface area contributed by atoms with E-state index in [1.54, 1.807) is 0 Å². The van der Waals surface area contributed by atoms with Crippen molar-refractivity contribution in [2.45, 2.75) is 43.5 Å².